The lowest BCUT2D eigenvalue weighted by molar-refractivity contribution is -0.140. The van der Waals surface area contributed by atoms with Crippen LogP contribution in [-0.2, 0) is 14.3 Å². The maximum Gasteiger partial charge on any atom is 0.408 e. The Hall–Kier alpha value is -3.35. The summed E-state index contributed by atoms with van der Waals surface area (Å²) in [6.07, 6.45) is 4.33. The van der Waals surface area contributed by atoms with E-state index in [1.54, 1.807) is 32.6 Å². The third-order valence-electron chi connectivity index (χ3n) is 6.91. The van der Waals surface area contributed by atoms with Gasteiger partial charge in [0.1, 0.15) is 17.7 Å². The number of amides is 3. The van der Waals surface area contributed by atoms with Gasteiger partial charge >= 0.3 is 6.09 Å². The number of hydrogen-bond donors (Lipinski definition) is 2. The summed E-state index contributed by atoms with van der Waals surface area (Å²) in [5.41, 5.74) is 4.65. The van der Waals surface area contributed by atoms with E-state index in [2.05, 4.69) is 17.6 Å². The van der Waals surface area contributed by atoms with Crippen molar-refractivity contribution in [1.29, 1.82) is 0 Å². The van der Waals surface area contributed by atoms with Crippen molar-refractivity contribution in [2.45, 2.75) is 112 Å². The first-order valence-corrected chi connectivity index (χ1v) is 14.5. The van der Waals surface area contributed by atoms with Gasteiger partial charge in [-0.3, -0.25) is 9.59 Å². The minimum atomic E-state index is -0.883. The Bertz CT molecular complexity index is 1150. The predicted molar refractivity (Wildman–Crippen MR) is 163 cm³/mol. The molecule has 0 aliphatic rings. The molecule has 40 heavy (non-hydrogen) atoms. The first-order chi connectivity index (χ1) is 18.7. The van der Waals surface area contributed by atoms with Crippen LogP contribution in [0.25, 0.3) is 0 Å². The fourth-order valence-electron chi connectivity index (χ4n) is 4.76. The fourth-order valence-corrected chi connectivity index (χ4v) is 4.76. The minimum Gasteiger partial charge on any atom is -0.444 e. The molecule has 0 spiro atoms. The zero-order valence-electron chi connectivity index (χ0n) is 25.9. The molecule has 3 amide bonds. The number of aryl methyl sites for hydroxylation is 4. The van der Waals surface area contributed by atoms with Crippen LogP contribution < -0.4 is 10.6 Å². The molecule has 2 aromatic rings. The number of hydrogen-bond acceptors (Lipinski definition) is 4. The van der Waals surface area contributed by atoms with Gasteiger partial charge in [-0.1, -0.05) is 74.6 Å². The first kappa shape index (κ1) is 32.9. The van der Waals surface area contributed by atoms with E-state index in [1.807, 2.05) is 64.1 Å². The lowest BCUT2D eigenvalue weighted by Crippen LogP contribution is -2.51. The van der Waals surface area contributed by atoms with Gasteiger partial charge in [0.2, 0.25) is 5.91 Å². The largest absolute Gasteiger partial charge is 0.444 e. The van der Waals surface area contributed by atoms with Crippen molar-refractivity contribution in [1.82, 2.24) is 10.2 Å². The molecule has 2 rings (SSSR count). The van der Waals surface area contributed by atoms with Gasteiger partial charge in [-0.05, 0) is 84.1 Å². The number of benzene rings is 2. The average Bonchev–Trinajstić information content (AvgIpc) is 2.85. The van der Waals surface area contributed by atoms with E-state index in [9.17, 15) is 14.4 Å². The third kappa shape index (κ3) is 9.68. The third-order valence-corrected chi connectivity index (χ3v) is 6.91. The molecule has 0 bridgehead atoms. The van der Waals surface area contributed by atoms with E-state index in [0.29, 0.717) is 6.54 Å². The van der Waals surface area contributed by atoms with Crippen molar-refractivity contribution in [2.75, 3.05) is 11.9 Å². The highest BCUT2D eigenvalue weighted by molar-refractivity contribution is 6.00. The van der Waals surface area contributed by atoms with Crippen LogP contribution in [0.5, 0.6) is 0 Å². The molecule has 2 atom stereocenters. The number of alkyl carbamates (subject to hydrolysis) is 1. The Kier molecular flexibility index (Phi) is 12.2. The van der Waals surface area contributed by atoms with Crippen LogP contribution >= 0.6 is 0 Å². The second-order valence-electron chi connectivity index (χ2n) is 11.8. The van der Waals surface area contributed by atoms with Crippen molar-refractivity contribution in [3.05, 3.63) is 64.2 Å². The number of anilines is 1. The number of ether oxygens (including phenoxy) is 1. The molecule has 0 fully saturated rings. The van der Waals surface area contributed by atoms with Crippen LogP contribution in [0.15, 0.2) is 36.4 Å². The van der Waals surface area contributed by atoms with Crippen LogP contribution in [0.4, 0.5) is 10.5 Å². The molecule has 0 heterocycles. The van der Waals surface area contributed by atoms with Crippen LogP contribution in [0.3, 0.4) is 0 Å². The molecule has 0 saturated heterocycles. The van der Waals surface area contributed by atoms with Gasteiger partial charge in [0, 0.05) is 12.2 Å². The van der Waals surface area contributed by atoms with E-state index in [1.165, 1.54) is 0 Å². The van der Waals surface area contributed by atoms with Gasteiger partial charge in [-0.25, -0.2) is 4.79 Å². The fraction of sp³-hybridized carbons (Fsp3) is 0.545. The number of rotatable bonds is 12. The molecule has 0 saturated carbocycles. The summed E-state index contributed by atoms with van der Waals surface area (Å²) < 4.78 is 5.40. The molecule has 2 aromatic carbocycles. The van der Waals surface area contributed by atoms with Crippen LogP contribution in [0.1, 0.15) is 101 Å². The first-order valence-electron chi connectivity index (χ1n) is 14.5. The van der Waals surface area contributed by atoms with E-state index >= 15 is 0 Å². The van der Waals surface area contributed by atoms with E-state index in [4.69, 9.17) is 4.74 Å². The molecule has 7 heteroatoms. The minimum absolute atomic E-state index is 0.280. The highest BCUT2D eigenvalue weighted by atomic mass is 16.6. The van der Waals surface area contributed by atoms with Crippen molar-refractivity contribution in [3.8, 4) is 0 Å². The summed E-state index contributed by atoms with van der Waals surface area (Å²) in [7, 11) is 0. The highest BCUT2D eigenvalue weighted by Crippen LogP contribution is 2.30. The lowest BCUT2D eigenvalue weighted by Gasteiger charge is -2.35. The Morgan fingerprint density at radius 1 is 0.900 bits per heavy atom. The van der Waals surface area contributed by atoms with Crippen LogP contribution in [0.2, 0.25) is 0 Å². The lowest BCUT2D eigenvalue weighted by atomic mass is 9.95. The Morgan fingerprint density at radius 3 is 2.12 bits per heavy atom. The summed E-state index contributed by atoms with van der Waals surface area (Å²) in [6.45, 7) is 17.4. The Labute approximate surface area is 241 Å². The van der Waals surface area contributed by atoms with E-state index in [0.717, 1.165) is 65.6 Å². The van der Waals surface area contributed by atoms with Gasteiger partial charge in [0.05, 0.1) is 0 Å². The standard InChI is InChI=1S/C33H49N3O4/c1-10-11-12-13-14-20-36(31(38)26(6)34-32(39)40-33(7,8)9)29(27-21-22(2)18-19-23(27)3)30(37)35-28-24(4)16-15-17-25(28)5/h15-19,21,26,29H,10-14,20H2,1-9H3,(H,34,39)(H,35,37). The molecule has 0 aliphatic carbocycles. The zero-order chi connectivity index (χ0) is 30.0. The quantitative estimate of drug-likeness (QED) is 0.271. The summed E-state index contributed by atoms with van der Waals surface area (Å²) in [6, 6.07) is 10.1. The summed E-state index contributed by atoms with van der Waals surface area (Å²) in [4.78, 5) is 42.4. The summed E-state index contributed by atoms with van der Waals surface area (Å²) in [5, 5.41) is 5.82. The van der Waals surface area contributed by atoms with Crippen LogP contribution in [-0.4, -0.2) is 41.0 Å². The van der Waals surface area contributed by atoms with Gasteiger partial charge in [0.25, 0.3) is 5.91 Å². The topological polar surface area (TPSA) is 87.7 Å². The van der Waals surface area contributed by atoms with Crippen LogP contribution in [0, 0.1) is 27.7 Å². The molecule has 2 unspecified atom stereocenters. The van der Waals surface area contributed by atoms with Crippen molar-refractivity contribution < 1.29 is 19.1 Å². The molecular weight excluding hydrogens is 502 g/mol. The summed E-state index contributed by atoms with van der Waals surface area (Å²) in [5.74, 6) is -0.610. The van der Waals surface area contributed by atoms with Gasteiger partial charge < -0.3 is 20.3 Å². The number of carbonyl (C=O) groups excluding carboxylic acids is 3. The maximum atomic E-state index is 14.2. The van der Waals surface area contributed by atoms with Crippen molar-refractivity contribution in [2.24, 2.45) is 0 Å². The Morgan fingerprint density at radius 2 is 1.52 bits per heavy atom. The Balaban J connectivity index is 2.52. The molecular formula is C33H49N3O4. The monoisotopic (exact) mass is 551 g/mol. The van der Waals surface area contributed by atoms with Gasteiger partial charge in [-0.15, -0.1) is 0 Å². The normalized spacial score (nSPS) is 12.8. The number of unbranched alkanes of at least 4 members (excludes halogenated alkanes) is 4. The molecule has 7 nitrogen and oxygen atoms in total. The van der Waals surface area contributed by atoms with Crippen molar-refractivity contribution in [3.63, 3.8) is 0 Å². The highest BCUT2D eigenvalue weighted by Gasteiger charge is 2.35. The number of carbonyl (C=O) groups is 3. The number of nitrogens with one attached hydrogen (secondary N) is 2. The van der Waals surface area contributed by atoms with Gasteiger partial charge in [0.15, 0.2) is 0 Å². The number of para-hydroxylation sites is 1. The second kappa shape index (κ2) is 14.9. The maximum absolute atomic E-state index is 14.2. The summed E-state index contributed by atoms with van der Waals surface area (Å²) >= 11 is 0. The molecule has 2 N–H and O–H groups in total. The SMILES string of the molecule is CCCCCCCN(C(=O)C(C)NC(=O)OC(C)(C)C)C(C(=O)Nc1c(C)cccc1C)c1cc(C)ccc1C. The van der Waals surface area contributed by atoms with Gasteiger partial charge in [-0.2, -0.15) is 0 Å². The molecule has 220 valence electrons. The van der Waals surface area contributed by atoms with E-state index < -0.39 is 23.8 Å². The molecule has 0 radical (unpaired) electrons. The molecule has 0 aromatic heterocycles. The second-order valence-corrected chi connectivity index (χ2v) is 11.8. The van der Waals surface area contributed by atoms with Crippen molar-refractivity contribution >= 4 is 23.6 Å². The average molecular weight is 552 g/mol. The smallest absolute Gasteiger partial charge is 0.408 e. The van der Waals surface area contributed by atoms with E-state index in [-0.39, 0.29) is 11.8 Å². The molecule has 0 aliphatic heterocycles. The number of nitrogens with zero attached hydrogens (tertiary/aromatic N) is 1. The predicted octanol–water partition coefficient (Wildman–Crippen LogP) is 7.31. The zero-order valence-corrected chi connectivity index (χ0v) is 25.9.